The zero-order valence-corrected chi connectivity index (χ0v) is 13.5. The average Bonchev–Trinajstić information content (AvgIpc) is 2.99. The van der Waals surface area contributed by atoms with Crippen LogP contribution in [0.3, 0.4) is 0 Å². The summed E-state index contributed by atoms with van der Waals surface area (Å²) in [6.07, 6.45) is 1.65. The number of rotatable bonds is 3. The van der Waals surface area contributed by atoms with Crippen molar-refractivity contribution in [1.29, 1.82) is 0 Å². The van der Waals surface area contributed by atoms with Crippen LogP contribution in [0.25, 0.3) is 22.3 Å². The van der Waals surface area contributed by atoms with E-state index in [0.29, 0.717) is 12.0 Å². The van der Waals surface area contributed by atoms with Crippen molar-refractivity contribution >= 4 is 5.97 Å². The van der Waals surface area contributed by atoms with Crippen LogP contribution in [0.15, 0.2) is 60.7 Å². The number of aryl methyl sites for hydroxylation is 1. The normalized spacial score (nSPS) is 11.9. The second-order valence-electron chi connectivity index (χ2n) is 6.20. The lowest BCUT2D eigenvalue weighted by atomic mass is 9.92. The van der Waals surface area contributed by atoms with Gasteiger partial charge in [0.2, 0.25) is 0 Å². The van der Waals surface area contributed by atoms with E-state index >= 15 is 0 Å². The van der Waals surface area contributed by atoms with Gasteiger partial charge < -0.3 is 5.11 Å². The lowest BCUT2D eigenvalue weighted by molar-refractivity contribution is 0.0696. The summed E-state index contributed by atoms with van der Waals surface area (Å²) < 4.78 is 0. The zero-order valence-electron chi connectivity index (χ0n) is 13.5. The van der Waals surface area contributed by atoms with Gasteiger partial charge in [0.25, 0.3) is 0 Å². The molecule has 3 aromatic carbocycles. The van der Waals surface area contributed by atoms with Gasteiger partial charge in [-0.05, 0) is 57.9 Å². The summed E-state index contributed by atoms with van der Waals surface area (Å²) in [6.45, 7) is 2.00. The molecule has 0 atom stereocenters. The highest BCUT2D eigenvalue weighted by atomic mass is 16.4. The van der Waals surface area contributed by atoms with Gasteiger partial charge in [-0.15, -0.1) is 0 Å². The predicted octanol–water partition coefficient (Wildman–Crippen LogP) is 5.19. The first-order chi connectivity index (χ1) is 11.7. The molecule has 2 heteroatoms. The lowest BCUT2D eigenvalue weighted by Gasteiger charge is -2.12. The van der Waals surface area contributed by atoms with Crippen molar-refractivity contribution in [3.8, 4) is 22.3 Å². The highest BCUT2D eigenvalue weighted by Gasteiger charge is 2.21. The molecule has 3 aromatic rings. The lowest BCUT2D eigenvalue weighted by Crippen LogP contribution is -2.02. The van der Waals surface area contributed by atoms with E-state index in [-0.39, 0.29) is 0 Å². The Bertz CT molecular complexity index is 954. The van der Waals surface area contributed by atoms with E-state index in [1.54, 1.807) is 6.07 Å². The third kappa shape index (κ3) is 2.23. The first kappa shape index (κ1) is 14.7. The van der Waals surface area contributed by atoms with Crippen molar-refractivity contribution in [3.05, 3.63) is 82.9 Å². The molecule has 0 spiro atoms. The van der Waals surface area contributed by atoms with Crippen LogP contribution in [0.2, 0.25) is 0 Å². The first-order valence-corrected chi connectivity index (χ1v) is 8.25. The molecule has 24 heavy (non-hydrogen) atoms. The number of aromatic carboxylic acids is 1. The number of carbonyl (C=O) groups is 1. The fourth-order valence-electron chi connectivity index (χ4n) is 3.69. The molecule has 1 aliphatic rings. The van der Waals surface area contributed by atoms with E-state index < -0.39 is 5.97 Å². The molecule has 2 nitrogen and oxygen atoms in total. The summed E-state index contributed by atoms with van der Waals surface area (Å²) in [5.74, 6) is -0.857. The minimum atomic E-state index is -0.857. The third-order valence-corrected chi connectivity index (χ3v) is 4.88. The molecule has 0 unspecified atom stereocenters. The average molecular weight is 314 g/mol. The van der Waals surface area contributed by atoms with E-state index in [1.165, 1.54) is 27.8 Å². The van der Waals surface area contributed by atoms with Crippen LogP contribution in [-0.4, -0.2) is 11.1 Å². The molecule has 118 valence electrons. The molecule has 0 aliphatic heterocycles. The minimum absolute atomic E-state index is 0.400. The van der Waals surface area contributed by atoms with E-state index in [0.717, 1.165) is 17.5 Å². The molecule has 0 heterocycles. The van der Waals surface area contributed by atoms with Gasteiger partial charge in [0.15, 0.2) is 0 Å². The maximum absolute atomic E-state index is 11.4. The molecule has 0 fully saturated rings. The Hall–Kier alpha value is -2.87. The number of hydrogen-bond donors (Lipinski definition) is 1. The topological polar surface area (TPSA) is 37.3 Å². The molecule has 4 rings (SSSR count). The smallest absolute Gasteiger partial charge is 0.335 e. The number of fused-ring (bicyclic) bond motifs is 3. The van der Waals surface area contributed by atoms with Crippen LogP contribution in [0, 0.1) is 0 Å². The number of carboxylic acid groups (broad SMARTS) is 1. The van der Waals surface area contributed by atoms with E-state index in [4.69, 9.17) is 0 Å². The molecule has 0 amide bonds. The quantitative estimate of drug-likeness (QED) is 0.565. The molecule has 0 bridgehead atoms. The minimum Gasteiger partial charge on any atom is -0.478 e. The Morgan fingerprint density at radius 2 is 1.71 bits per heavy atom. The SMILES string of the molecule is CCc1cc(-c2cccc3c2Cc2ccccc2-3)ccc1C(=O)O. The highest BCUT2D eigenvalue weighted by molar-refractivity contribution is 5.91. The van der Waals surface area contributed by atoms with E-state index in [2.05, 4.69) is 42.5 Å². The van der Waals surface area contributed by atoms with Gasteiger partial charge in [-0.25, -0.2) is 4.79 Å². The zero-order chi connectivity index (χ0) is 16.7. The Labute approximate surface area is 141 Å². The van der Waals surface area contributed by atoms with Crippen LogP contribution in [0.1, 0.15) is 34.0 Å². The van der Waals surface area contributed by atoms with Crippen LogP contribution < -0.4 is 0 Å². The Morgan fingerprint density at radius 3 is 2.50 bits per heavy atom. The largest absolute Gasteiger partial charge is 0.478 e. The van der Waals surface area contributed by atoms with Crippen LogP contribution in [0.5, 0.6) is 0 Å². The summed E-state index contributed by atoms with van der Waals surface area (Å²) >= 11 is 0. The van der Waals surface area contributed by atoms with Crippen molar-refractivity contribution < 1.29 is 9.90 Å². The fraction of sp³-hybridized carbons (Fsp3) is 0.136. The van der Waals surface area contributed by atoms with Crippen molar-refractivity contribution in [3.63, 3.8) is 0 Å². The van der Waals surface area contributed by atoms with Gasteiger partial charge in [-0.3, -0.25) is 0 Å². The molecular weight excluding hydrogens is 296 g/mol. The van der Waals surface area contributed by atoms with Gasteiger partial charge in [0, 0.05) is 0 Å². The summed E-state index contributed by atoms with van der Waals surface area (Å²) in [5, 5.41) is 9.33. The van der Waals surface area contributed by atoms with Crippen LogP contribution in [-0.2, 0) is 12.8 Å². The molecule has 0 aromatic heterocycles. The van der Waals surface area contributed by atoms with Gasteiger partial charge in [-0.1, -0.05) is 61.5 Å². The van der Waals surface area contributed by atoms with E-state index in [9.17, 15) is 9.90 Å². The van der Waals surface area contributed by atoms with Gasteiger partial charge >= 0.3 is 5.97 Å². The molecule has 0 radical (unpaired) electrons. The van der Waals surface area contributed by atoms with Crippen molar-refractivity contribution in [1.82, 2.24) is 0 Å². The third-order valence-electron chi connectivity index (χ3n) is 4.88. The van der Waals surface area contributed by atoms with Gasteiger partial charge in [0.1, 0.15) is 0 Å². The fourth-order valence-corrected chi connectivity index (χ4v) is 3.69. The first-order valence-electron chi connectivity index (χ1n) is 8.25. The maximum Gasteiger partial charge on any atom is 0.335 e. The van der Waals surface area contributed by atoms with Crippen molar-refractivity contribution in [2.24, 2.45) is 0 Å². The molecular formula is C22H18O2. The summed E-state index contributed by atoms with van der Waals surface area (Å²) in [4.78, 5) is 11.4. The molecule has 0 saturated heterocycles. The van der Waals surface area contributed by atoms with E-state index in [1.807, 2.05) is 19.1 Å². The monoisotopic (exact) mass is 314 g/mol. The summed E-state index contributed by atoms with van der Waals surface area (Å²) in [6, 6.07) is 20.6. The molecule has 0 saturated carbocycles. The standard InChI is InChI=1S/C22H18O2/c1-2-14-12-16(10-11-19(14)22(23)24)18-8-5-9-20-17-7-4-3-6-15(17)13-21(18)20/h3-12H,2,13H2,1H3,(H,23,24). The molecule has 1 N–H and O–H groups in total. The number of benzene rings is 3. The Kier molecular flexibility index (Phi) is 3.46. The van der Waals surface area contributed by atoms with Crippen molar-refractivity contribution in [2.45, 2.75) is 19.8 Å². The van der Waals surface area contributed by atoms with Gasteiger partial charge in [-0.2, -0.15) is 0 Å². The van der Waals surface area contributed by atoms with Crippen LogP contribution in [0.4, 0.5) is 0 Å². The molecule has 1 aliphatic carbocycles. The second kappa shape index (κ2) is 5.64. The maximum atomic E-state index is 11.4. The number of hydrogen-bond acceptors (Lipinski definition) is 1. The highest BCUT2D eigenvalue weighted by Crippen LogP contribution is 2.41. The predicted molar refractivity (Wildman–Crippen MR) is 96.5 cm³/mol. The van der Waals surface area contributed by atoms with Gasteiger partial charge in [0.05, 0.1) is 5.56 Å². The number of carboxylic acids is 1. The summed E-state index contributed by atoms with van der Waals surface area (Å²) in [5.41, 5.74) is 8.89. The Morgan fingerprint density at radius 1 is 0.958 bits per heavy atom. The van der Waals surface area contributed by atoms with Crippen molar-refractivity contribution in [2.75, 3.05) is 0 Å². The van der Waals surface area contributed by atoms with Crippen LogP contribution >= 0.6 is 0 Å². The summed E-state index contributed by atoms with van der Waals surface area (Å²) in [7, 11) is 0. The second-order valence-corrected chi connectivity index (χ2v) is 6.20. The Balaban J connectivity index is 1.87.